The highest BCUT2D eigenvalue weighted by molar-refractivity contribution is 7.89. The first kappa shape index (κ1) is 53.0. The lowest BCUT2D eigenvalue weighted by Gasteiger charge is -2.35. The molecule has 19 nitrogen and oxygen atoms in total. The molecule has 2 aromatic carbocycles. The Bertz CT molecular complexity index is 2410. The van der Waals surface area contributed by atoms with Crippen LogP contribution >= 0.6 is 11.3 Å². The predicted molar refractivity (Wildman–Crippen MR) is 261 cm³/mol. The summed E-state index contributed by atoms with van der Waals surface area (Å²) < 4.78 is 45.0. The van der Waals surface area contributed by atoms with Crippen LogP contribution in [-0.2, 0) is 45.2 Å². The normalized spacial score (nSPS) is 17.8. The van der Waals surface area contributed by atoms with Crippen molar-refractivity contribution in [1.29, 1.82) is 0 Å². The number of amides is 5. The molecule has 6 rings (SSSR count). The van der Waals surface area contributed by atoms with Crippen molar-refractivity contribution in [2.75, 3.05) is 84.2 Å². The fourth-order valence-electron chi connectivity index (χ4n) is 7.93. The van der Waals surface area contributed by atoms with Crippen molar-refractivity contribution in [2.24, 2.45) is 5.41 Å². The number of sulfonamides is 1. The second kappa shape index (κ2) is 24.9. The van der Waals surface area contributed by atoms with Gasteiger partial charge in [0.15, 0.2) is 0 Å². The summed E-state index contributed by atoms with van der Waals surface area (Å²) in [4.78, 5) is 66.0. The van der Waals surface area contributed by atoms with Crippen molar-refractivity contribution in [2.45, 2.75) is 76.7 Å². The van der Waals surface area contributed by atoms with E-state index in [9.17, 15) is 32.7 Å². The maximum absolute atomic E-state index is 14.0. The average Bonchev–Trinajstić information content (AvgIpc) is 3.95. The number of aliphatic hydroxyl groups excluding tert-OH is 1. The van der Waals surface area contributed by atoms with Crippen LogP contribution in [0.1, 0.15) is 57.0 Å². The first-order valence-electron chi connectivity index (χ1n) is 23.1. The van der Waals surface area contributed by atoms with Gasteiger partial charge in [0.1, 0.15) is 18.7 Å². The van der Waals surface area contributed by atoms with Crippen molar-refractivity contribution in [3.63, 3.8) is 0 Å². The lowest BCUT2D eigenvalue weighted by atomic mass is 9.85. The van der Waals surface area contributed by atoms with E-state index in [4.69, 9.17) is 14.2 Å². The number of likely N-dealkylation sites (tertiary alicyclic amines) is 1. The van der Waals surface area contributed by atoms with Crippen LogP contribution in [0.15, 0.2) is 83.5 Å². The van der Waals surface area contributed by atoms with Crippen molar-refractivity contribution in [3.8, 4) is 10.4 Å². The second-order valence-electron chi connectivity index (χ2n) is 18.1. The minimum atomic E-state index is -3.71. The van der Waals surface area contributed by atoms with E-state index in [1.165, 1.54) is 21.3 Å². The van der Waals surface area contributed by atoms with Crippen molar-refractivity contribution in [1.82, 2.24) is 40.0 Å². The third-order valence-electron chi connectivity index (χ3n) is 11.8. The van der Waals surface area contributed by atoms with E-state index in [1.807, 2.05) is 70.5 Å². The Morgan fingerprint density at radius 2 is 1.58 bits per heavy atom. The van der Waals surface area contributed by atoms with Crippen LogP contribution in [0.4, 0.5) is 10.5 Å². The van der Waals surface area contributed by atoms with Gasteiger partial charge in [-0.2, -0.15) is 4.31 Å². The fourth-order valence-corrected chi connectivity index (χ4v) is 10.2. The monoisotopic (exact) mass is 991 g/mol. The number of benzene rings is 2. The molecular formula is C48H65N9O10S2. The molecule has 0 spiro atoms. The van der Waals surface area contributed by atoms with Crippen LogP contribution < -0.4 is 21.3 Å². The Labute approximate surface area is 408 Å². The number of anilines is 1. The Morgan fingerprint density at radius 3 is 2.22 bits per heavy atom. The van der Waals surface area contributed by atoms with E-state index in [1.54, 1.807) is 41.9 Å². The highest BCUT2D eigenvalue weighted by Crippen LogP contribution is 2.30. The third kappa shape index (κ3) is 15.3. The van der Waals surface area contributed by atoms with E-state index < -0.39 is 51.5 Å². The Kier molecular flexibility index (Phi) is 19.1. The summed E-state index contributed by atoms with van der Waals surface area (Å²) in [5.41, 5.74) is 5.29. The SMILES string of the molecule is Cc1ncsc1-c1ccc(C(C)NC(=O)C2CC(O)CN2C(=O)C(NC(=O)COCCOCCOCCN2CCN(S(=O)(=O)c3ccc(NC(=O)NCc4cccnc4)cc3)CC2)C(C)(C)C)cc1. The number of carbonyl (C=O) groups excluding carboxylic acids is 4. The molecule has 5 N–H and O–H groups in total. The highest BCUT2D eigenvalue weighted by Gasteiger charge is 2.44. The number of rotatable bonds is 22. The smallest absolute Gasteiger partial charge is 0.319 e. The van der Waals surface area contributed by atoms with Gasteiger partial charge in [0.25, 0.3) is 0 Å². The van der Waals surface area contributed by atoms with Gasteiger partial charge in [0, 0.05) is 70.3 Å². The zero-order valence-corrected chi connectivity index (χ0v) is 41.5. The van der Waals surface area contributed by atoms with Crippen LogP contribution in [0.5, 0.6) is 0 Å². The number of nitrogens with zero attached hydrogens (tertiary/aromatic N) is 5. The molecule has 0 bridgehead atoms. The highest BCUT2D eigenvalue weighted by atomic mass is 32.2. The quantitative estimate of drug-likeness (QED) is 0.0710. The number of β-amino-alcohol motifs (C(OH)–C–C–N with tert-alkyl or cyclic N) is 1. The molecule has 2 aliphatic heterocycles. The number of carbonyl (C=O) groups is 4. The van der Waals surface area contributed by atoms with Crippen molar-refractivity contribution < 1.29 is 46.9 Å². The van der Waals surface area contributed by atoms with Gasteiger partial charge in [-0.15, -0.1) is 11.3 Å². The minimum absolute atomic E-state index is 0.0341. The van der Waals surface area contributed by atoms with Gasteiger partial charge in [-0.05, 0) is 66.3 Å². The van der Waals surface area contributed by atoms with Gasteiger partial charge >= 0.3 is 6.03 Å². The van der Waals surface area contributed by atoms with Gasteiger partial charge in [-0.25, -0.2) is 18.2 Å². The van der Waals surface area contributed by atoms with Crippen LogP contribution in [0.25, 0.3) is 10.4 Å². The average molecular weight is 992 g/mol. The number of aliphatic hydroxyl groups is 1. The first-order valence-corrected chi connectivity index (χ1v) is 25.4. The molecule has 4 unspecified atom stereocenters. The van der Waals surface area contributed by atoms with Crippen molar-refractivity contribution in [3.05, 3.63) is 95.4 Å². The first-order chi connectivity index (χ1) is 33.0. The largest absolute Gasteiger partial charge is 0.391 e. The Morgan fingerprint density at radius 1 is 0.899 bits per heavy atom. The molecule has 0 saturated carbocycles. The summed E-state index contributed by atoms with van der Waals surface area (Å²) in [5, 5.41) is 21.9. The zero-order valence-electron chi connectivity index (χ0n) is 39.9. The molecule has 374 valence electrons. The summed E-state index contributed by atoms with van der Waals surface area (Å²) in [5.74, 6) is -1.35. The topological polar surface area (TPSA) is 234 Å². The summed E-state index contributed by atoms with van der Waals surface area (Å²) in [6.07, 6.45) is 2.50. The van der Waals surface area contributed by atoms with Gasteiger partial charge in [0.05, 0.1) is 66.2 Å². The maximum Gasteiger partial charge on any atom is 0.319 e. The summed E-state index contributed by atoms with van der Waals surface area (Å²) in [6, 6.07) is 14.9. The van der Waals surface area contributed by atoms with Crippen LogP contribution in [0.3, 0.4) is 0 Å². The Hall–Kier alpha value is -5.39. The lowest BCUT2D eigenvalue weighted by molar-refractivity contribution is -0.144. The van der Waals surface area contributed by atoms with Crippen LogP contribution in [0, 0.1) is 12.3 Å². The van der Waals surface area contributed by atoms with Gasteiger partial charge < -0.3 is 45.5 Å². The predicted octanol–water partition coefficient (Wildman–Crippen LogP) is 3.56. The number of aryl methyl sites for hydroxylation is 1. The molecule has 4 aromatic rings. The molecule has 4 heterocycles. The van der Waals surface area contributed by atoms with E-state index in [0.717, 1.165) is 27.3 Å². The molecule has 21 heteroatoms. The van der Waals surface area contributed by atoms with E-state index >= 15 is 0 Å². The summed E-state index contributed by atoms with van der Waals surface area (Å²) >= 11 is 1.57. The number of aromatic nitrogens is 2. The molecule has 2 saturated heterocycles. The molecule has 0 radical (unpaired) electrons. The number of nitrogens with one attached hydrogen (secondary N) is 4. The summed E-state index contributed by atoms with van der Waals surface area (Å²) in [6.45, 7) is 13.1. The molecule has 2 fully saturated rings. The molecule has 4 atom stereocenters. The zero-order chi connectivity index (χ0) is 49.6. The minimum Gasteiger partial charge on any atom is -0.391 e. The molecule has 69 heavy (non-hydrogen) atoms. The standard InChI is InChI=1S/C48H65N9O10S2/c1-33(36-8-10-37(11-9-36)43-34(2)51-32-68-43)52-45(60)41-27-39(58)30-57(41)46(61)44(48(3,4)5)54-42(59)31-67-26-25-66-24-23-65-22-21-55-17-19-56(20-18-55)69(63,64)40-14-12-38(13-15-40)53-47(62)50-29-35-7-6-16-49-28-35/h6-16,28,32-33,39,41,44,58H,17-27,29-31H2,1-5H3,(H,52,60)(H,54,59)(H2,50,53,62). The summed E-state index contributed by atoms with van der Waals surface area (Å²) in [7, 11) is -3.71. The Balaban J connectivity index is 0.825. The number of ether oxygens (including phenoxy) is 3. The van der Waals surface area contributed by atoms with Crippen LogP contribution in [0.2, 0.25) is 0 Å². The van der Waals surface area contributed by atoms with Crippen LogP contribution in [-0.4, -0.2) is 158 Å². The molecular weight excluding hydrogens is 927 g/mol. The number of hydrogen-bond acceptors (Lipinski definition) is 14. The number of thiazole rings is 1. The van der Waals surface area contributed by atoms with Gasteiger partial charge in [0.2, 0.25) is 27.7 Å². The molecule has 2 aliphatic rings. The van der Waals surface area contributed by atoms with Gasteiger partial charge in [-0.3, -0.25) is 24.3 Å². The third-order valence-corrected chi connectivity index (χ3v) is 14.7. The number of pyridine rings is 1. The van der Waals surface area contributed by atoms with E-state index in [0.29, 0.717) is 64.8 Å². The molecule has 0 aliphatic carbocycles. The van der Waals surface area contributed by atoms with Gasteiger partial charge in [-0.1, -0.05) is 51.1 Å². The lowest BCUT2D eigenvalue weighted by Crippen LogP contribution is -2.58. The molecule has 5 amide bonds. The second-order valence-corrected chi connectivity index (χ2v) is 20.9. The number of urea groups is 1. The number of piperazine rings is 1. The maximum atomic E-state index is 14.0. The van der Waals surface area contributed by atoms with E-state index in [2.05, 4.69) is 36.1 Å². The molecule has 2 aromatic heterocycles. The van der Waals surface area contributed by atoms with Crippen molar-refractivity contribution >= 4 is 50.8 Å². The number of hydrogen-bond donors (Lipinski definition) is 5. The fraction of sp³-hybridized carbons (Fsp3) is 0.500. The van der Waals surface area contributed by atoms with E-state index in [-0.39, 0.29) is 49.6 Å².